The van der Waals surface area contributed by atoms with Gasteiger partial charge in [0.25, 0.3) is 5.69 Å². The summed E-state index contributed by atoms with van der Waals surface area (Å²) in [5.74, 6) is 0.676. The number of ether oxygens (including phenoxy) is 1. The Morgan fingerprint density at radius 3 is 2.82 bits per heavy atom. The van der Waals surface area contributed by atoms with Gasteiger partial charge in [-0.1, -0.05) is 0 Å². The third kappa shape index (κ3) is 3.36. The highest BCUT2D eigenvalue weighted by Crippen LogP contribution is 2.28. The minimum Gasteiger partial charge on any atom is -0.496 e. The number of methoxy groups -OCH3 is 1. The number of hydrogen-bond donors (Lipinski definition) is 0. The Morgan fingerprint density at radius 1 is 1.50 bits per heavy atom. The zero-order valence-corrected chi connectivity index (χ0v) is 13.1. The smallest absolute Gasteiger partial charge is 0.270 e. The summed E-state index contributed by atoms with van der Waals surface area (Å²) in [4.78, 5) is 26.4. The lowest BCUT2D eigenvalue weighted by atomic mass is 10.1. The second-order valence-corrected chi connectivity index (χ2v) is 5.61. The van der Waals surface area contributed by atoms with Gasteiger partial charge in [0.1, 0.15) is 5.75 Å². The number of benzene rings is 1. The molecule has 120 valence electrons. The van der Waals surface area contributed by atoms with Crippen molar-refractivity contribution >= 4 is 11.6 Å². The number of nitro benzene ring substituents is 1. The summed E-state index contributed by atoms with van der Waals surface area (Å²) >= 11 is 0. The molecule has 22 heavy (non-hydrogen) atoms. The molecule has 1 heterocycles. The number of non-ortho nitro benzene ring substituents is 1. The molecule has 0 spiro atoms. The van der Waals surface area contributed by atoms with Crippen molar-refractivity contribution in [3.05, 3.63) is 33.9 Å². The van der Waals surface area contributed by atoms with Crippen LogP contribution in [0.2, 0.25) is 0 Å². The van der Waals surface area contributed by atoms with E-state index < -0.39 is 4.92 Å². The fraction of sp³-hybridized carbons (Fsp3) is 0.533. The van der Waals surface area contributed by atoms with Crippen molar-refractivity contribution in [3.63, 3.8) is 0 Å². The number of nitrogens with zero attached hydrogens (tertiary/aromatic N) is 3. The van der Waals surface area contributed by atoms with Gasteiger partial charge in [-0.2, -0.15) is 0 Å². The van der Waals surface area contributed by atoms with Gasteiger partial charge in [0, 0.05) is 38.3 Å². The molecule has 0 N–H and O–H groups in total. The second-order valence-electron chi connectivity index (χ2n) is 5.61. The molecular weight excluding hydrogens is 286 g/mol. The average molecular weight is 307 g/mol. The van der Waals surface area contributed by atoms with Gasteiger partial charge in [0.2, 0.25) is 5.91 Å². The maximum atomic E-state index is 12.2. The fourth-order valence-electron chi connectivity index (χ4n) is 2.81. The Kier molecular flexibility index (Phi) is 4.97. The largest absolute Gasteiger partial charge is 0.496 e. The van der Waals surface area contributed by atoms with Gasteiger partial charge in [-0.25, -0.2) is 0 Å². The first-order valence-corrected chi connectivity index (χ1v) is 7.20. The molecule has 1 saturated heterocycles. The Bertz CT molecular complexity index is 574. The molecule has 0 bridgehead atoms. The van der Waals surface area contributed by atoms with E-state index in [2.05, 4.69) is 4.90 Å². The van der Waals surface area contributed by atoms with Gasteiger partial charge in [-0.05, 0) is 25.5 Å². The van der Waals surface area contributed by atoms with Crippen molar-refractivity contribution in [2.75, 3.05) is 27.7 Å². The Hall–Kier alpha value is -2.15. The summed E-state index contributed by atoms with van der Waals surface area (Å²) in [5.41, 5.74) is 0.764. The fourth-order valence-corrected chi connectivity index (χ4v) is 2.81. The molecule has 7 nitrogen and oxygen atoms in total. The monoisotopic (exact) mass is 307 g/mol. The molecule has 1 aliphatic rings. The first kappa shape index (κ1) is 16.2. The Labute approximate surface area is 129 Å². The van der Waals surface area contributed by atoms with Crippen LogP contribution in [0.25, 0.3) is 0 Å². The number of rotatable bonds is 5. The van der Waals surface area contributed by atoms with Crippen LogP contribution in [0, 0.1) is 10.1 Å². The van der Waals surface area contributed by atoms with Crippen LogP contribution in [-0.2, 0) is 11.3 Å². The molecule has 1 unspecified atom stereocenters. The SMILES string of the molecule is COc1ccc([N+](=O)[O-])cc1CN1CCCC1C(=O)N(C)C. The van der Waals surface area contributed by atoms with Gasteiger partial charge < -0.3 is 9.64 Å². The number of hydrogen-bond acceptors (Lipinski definition) is 5. The molecule has 0 aliphatic carbocycles. The quantitative estimate of drug-likeness (QED) is 0.611. The predicted octanol–water partition coefficient (Wildman–Crippen LogP) is 1.66. The molecule has 1 aromatic carbocycles. The van der Waals surface area contributed by atoms with Crippen molar-refractivity contribution in [2.45, 2.75) is 25.4 Å². The highest BCUT2D eigenvalue weighted by Gasteiger charge is 2.32. The lowest BCUT2D eigenvalue weighted by Gasteiger charge is -2.26. The summed E-state index contributed by atoms with van der Waals surface area (Å²) < 4.78 is 5.29. The third-order valence-corrected chi connectivity index (χ3v) is 3.94. The highest BCUT2D eigenvalue weighted by atomic mass is 16.6. The van der Waals surface area contributed by atoms with Crippen LogP contribution in [0.15, 0.2) is 18.2 Å². The zero-order chi connectivity index (χ0) is 16.3. The molecule has 2 rings (SSSR count). The molecular formula is C15H21N3O4. The number of likely N-dealkylation sites (N-methyl/N-ethyl adjacent to an activating group) is 1. The van der Waals surface area contributed by atoms with Crippen LogP contribution < -0.4 is 4.74 Å². The van der Waals surface area contributed by atoms with Crippen LogP contribution in [0.3, 0.4) is 0 Å². The molecule has 7 heteroatoms. The van der Waals surface area contributed by atoms with Crippen molar-refractivity contribution < 1.29 is 14.5 Å². The zero-order valence-electron chi connectivity index (χ0n) is 13.1. The molecule has 1 aliphatic heterocycles. The maximum Gasteiger partial charge on any atom is 0.270 e. The Balaban J connectivity index is 2.23. The third-order valence-electron chi connectivity index (χ3n) is 3.94. The van der Waals surface area contributed by atoms with Crippen molar-refractivity contribution in [1.82, 2.24) is 9.80 Å². The lowest BCUT2D eigenvalue weighted by Crippen LogP contribution is -2.42. The first-order valence-electron chi connectivity index (χ1n) is 7.20. The van der Waals surface area contributed by atoms with Crippen molar-refractivity contribution in [3.8, 4) is 5.75 Å². The van der Waals surface area contributed by atoms with Crippen LogP contribution >= 0.6 is 0 Å². The van der Waals surface area contributed by atoms with E-state index in [9.17, 15) is 14.9 Å². The van der Waals surface area contributed by atoms with Crippen LogP contribution in [0.4, 0.5) is 5.69 Å². The van der Waals surface area contributed by atoms with Gasteiger partial charge >= 0.3 is 0 Å². The van der Waals surface area contributed by atoms with Crippen LogP contribution in [-0.4, -0.2) is 54.4 Å². The molecule has 1 atom stereocenters. The van der Waals surface area contributed by atoms with Gasteiger partial charge in [0.15, 0.2) is 0 Å². The number of nitro groups is 1. The van der Waals surface area contributed by atoms with E-state index in [4.69, 9.17) is 4.74 Å². The summed E-state index contributed by atoms with van der Waals surface area (Å²) in [6.45, 7) is 1.27. The average Bonchev–Trinajstić information content (AvgIpc) is 2.94. The molecule has 0 radical (unpaired) electrons. The maximum absolute atomic E-state index is 12.2. The van der Waals surface area contributed by atoms with E-state index in [0.29, 0.717) is 12.3 Å². The van der Waals surface area contributed by atoms with E-state index in [-0.39, 0.29) is 17.6 Å². The number of carbonyl (C=O) groups is 1. The van der Waals surface area contributed by atoms with Crippen molar-refractivity contribution in [1.29, 1.82) is 0 Å². The van der Waals surface area contributed by atoms with Gasteiger partial charge in [-0.15, -0.1) is 0 Å². The number of likely N-dealkylation sites (tertiary alicyclic amines) is 1. The van der Waals surface area contributed by atoms with Crippen LogP contribution in [0.5, 0.6) is 5.75 Å². The lowest BCUT2D eigenvalue weighted by molar-refractivity contribution is -0.385. The highest BCUT2D eigenvalue weighted by molar-refractivity contribution is 5.81. The molecule has 0 aromatic heterocycles. The first-order chi connectivity index (χ1) is 10.4. The minimum atomic E-state index is -0.421. The molecule has 1 amide bonds. The Morgan fingerprint density at radius 2 is 2.23 bits per heavy atom. The van der Waals surface area contributed by atoms with Crippen LogP contribution in [0.1, 0.15) is 18.4 Å². The summed E-state index contributed by atoms with van der Waals surface area (Å²) in [5, 5.41) is 10.9. The van der Waals surface area contributed by atoms with Gasteiger partial charge in [-0.3, -0.25) is 19.8 Å². The van der Waals surface area contributed by atoms with E-state index in [0.717, 1.165) is 24.9 Å². The van der Waals surface area contributed by atoms with E-state index >= 15 is 0 Å². The van der Waals surface area contributed by atoms with Crippen molar-refractivity contribution in [2.24, 2.45) is 0 Å². The summed E-state index contributed by atoms with van der Waals surface area (Å²) in [7, 11) is 5.02. The molecule has 1 fully saturated rings. The second kappa shape index (κ2) is 6.74. The van der Waals surface area contributed by atoms with E-state index in [1.54, 1.807) is 25.1 Å². The van der Waals surface area contributed by atoms with Gasteiger partial charge in [0.05, 0.1) is 18.1 Å². The van der Waals surface area contributed by atoms with E-state index in [1.165, 1.54) is 19.2 Å². The number of carbonyl (C=O) groups excluding carboxylic acids is 1. The predicted molar refractivity (Wildman–Crippen MR) is 81.8 cm³/mol. The summed E-state index contributed by atoms with van der Waals surface area (Å²) in [6, 6.07) is 4.38. The molecule has 1 aromatic rings. The standard InChI is InChI=1S/C15H21N3O4/c1-16(2)15(19)13-5-4-8-17(13)10-11-9-12(18(20)21)6-7-14(11)22-3/h6-7,9,13H,4-5,8,10H2,1-3H3. The molecule has 0 saturated carbocycles. The topological polar surface area (TPSA) is 75.9 Å². The van der Waals surface area contributed by atoms with E-state index in [1.807, 2.05) is 0 Å². The normalized spacial score (nSPS) is 18.2. The number of amides is 1. The summed E-state index contributed by atoms with van der Waals surface area (Å²) in [6.07, 6.45) is 1.76. The minimum absolute atomic E-state index is 0.0329.